The summed E-state index contributed by atoms with van der Waals surface area (Å²) < 4.78 is 15.5. The van der Waals surface area contributed by atoms with Gasteiger partial charge in [0.15, 0.2) is 5.82 Å². The molecule has 6 nitrogen and oxygen atoms in total. The number of rotatable bonds is 3. The van der Waals surface area contributed by atoms with E-state index in [0.29, 0.717) is 11.6 Å². The normalized spacial score (nSPS) is 10.5. The number of halogens is 1. The minimum absolute atomic E-state index is 0.151. The maximum Gasteiger partial charge on any atom is 0.223 e. The van der Waals surface area contributed by atoms with Crippen LogP contribution < -0.4 is 5.32 Å². The molecule has 20 heavy (non-hydrogen) atoms. The van der Waals surface area contributed by atoms with Gasteiger partial charge in [0.25, 0.3) is 0 Å². The topological polar surface area (TPSA) is 68.5 Å². The highest BCUT2D eigenvalue weighted by Crippen LogP contribution is 2.22. The van der Waals surface area contributed by atoms with Gasteiger partial charge in [-0.3, -0.25) is 0 Å². The number of para-hydroxylation sites is 1. The van der Waals surface area contributed by atoms with Crippen LogP contribution >= 0.6 is 0 Å². The van der Waals surface area contributed by atoms with Crippen LogP contribution in [-0.4, -0.2) is 32.0 Å². The molecule has 0 saturated carbocycles. The Morgan fingerprint density at radius 1 is 1.15 bits per heavy atom. The van der Waals surface area contributed by atoms with Crippen molar-refractivity contribution < 1.29 is 4.39 Å². The van der Waals surface area contributed by atoms with E-state index in [0.717, 1.165) is 11.9 Å². The van der Waals surface area contributed by atoms with E-state index in [1.54, 1.807) is 7.05 Å². The molecule has 0 aliphatic heterocycles. The average molecular weight is 270 g/mol. The van der Waals surface area contributed by atoms with E-state index in [1.807, 2.05) is 30.3 Å². The minimum atomic E-state index is -0.525. The van der Waals surface area contributed by atoms with E-state index in [1.165, 1.54) is 10.9 Å². The molecule has 0 atom stereocenters. The van der Waals surface area contributed by atoms with Crippen LogP contribution in [0.4, 0.5) is 10.3 Å². The highest BCUT2D eigenvalue weighted by Gasteiger charge is 2.15. The molecule has 0 saturated heterocycles. The number of hydrogen-bond acceptors (Lipinski definition) is 5. The summed E-state index contributed by atoms with van der Waals surface area (Å²) in [6, 6.07) is 9.35. The zero-order valence-electron chi connectivity index (χ0n) is 10.7. The van der Waals surface area contributed by atoms with Crippen LogP contribution in [0.2, 0.25) is 0 Å². The zero-order chi connectivity index (χ0) is 13.9. The van der Waals surface area contributed by atoms with E-state index in [4.69, 9.17) is 0 Å². The van der Waals surface area contributed by atoms with Crippen molar-refractivity contribution in [2.75, 3.05) is 12.4 Å². The van der Waals surface area contributed by atoms with Crippen LogP contribution in [0.5, 0.6) is 0 Å². The summed E-state index contributed by atoms with van der Waals surface area (Å²) >= 11 is 0. The highest BCUT2D eigenvalue weighted by atomic mass is 19.1. The monoisotopic (exact) mass is 270 g/mol. The van der Waals surface area contributed by atoms with Crippen LogP contribution in [0, 0.1) is 5.82 Å². The molecule has 0 aliphatic carbocycles. The van der Waals surface area contributed by atoms with Crippen molar-refractivity contribution in [2.24, 2.45) is 0 Å². The van der Waals surface area contributed by atoms with Crippen LogP contribution in [0.1, 0.15) is 0 Å². The molecule has 0 aliphatic rings. The molecular weight excluding hydrogens is 259 g/mol. The van der Waals surface area contributed by atoms with E-state index in [2.05, 4.69) is 25.6 Å². The Balaban J connectivity index is 2.15. The number of nitrogens with zero attached hydrogens (tertiary/aromatic N) is 5. The second-order valence-corrected chi connectivity index (χ2v) is 4.01. The molecule has 0 amide bonds. The van der Waals surface area contributed by atoms with Gasteiger partial charge in [0.1, 0.15) is 11.4 Å². The Kier molecular flexibility index (Phi) is 3.08. The first-order valence-electron chi connectivity index (χ1n) is 5.96. The first-order valence-corrected chi connectivity index (χ1v) is 5.96. The molecular formula is C13H11FN6. The van der Waals surface area contributed by atoms with Gasteiger partial charge in [0.2, 0.25) is 5.95 Å². The summed E-state index contributed by atoms with van der Waals surface area (Å²) in [5.41, 5.74) is 1.40. The van der Waals surface area contributed by atoms with Gasteiger partial charge >= 0.3 is 0 Å². The van der Waals surface area contributed by atoms with E-state index < -0.39 is 5.82 Å². The summed E-state index contributed by atoms with van der Waals surface area (Å²) in [6.45, 7) is 0. The molecule has 7 heteroatoms. The summed E-state index contributed by atoms with van der Waals surface area (Å²) in [5.74, 6) is -0.189. The SMILES string of the molecule is CNc1ncc(F)c(-c2cnnn2-c2ccccc2)n1. The fourth-order valence-electron chi connectivity index (χ4n) is 1.82. The van der Waals surface area contributed by atoms with Crippen LogP contribution in [0.25, 0.3) is 17.1 Å². The summed E-state index contributed by atoms with van der Waals surface area (Å²) in [7, 11) is 1.67. The molecule has 1 N–H and O–H groups in total. The van der Waals surface area contributed by atoms with Crippen molar-refractivity contribution in [3.8, 4) is 17.1 Å². The Labute approximate surface area is 114 Å². The standard InChI is InChI=1S/C13H11FN6/c1-15-13-16-7-10(14)12(18-13)11-8-17-19-20(11)9-5-3-2-4-6-9/h2-8H,1H3,(H,15,16,18). The second kappa shape index (κ2) is 5.04. The fraction of sp³-hybridized carbons (Fsp3) is 0.0769. The van der Waals surface area contributed by atoms with Gasteiger partial charge < -0.3 is 5.32 Å². The van der Waals surface area contributed by atoms with Crippen molar-refractivity contribution in [3.63, 3.8) is 0 Å². The van der Waals surface area contributed by atoms with Gasteiger partial charge in [-0.15, -0.1) is 5.10 Å². The molecule has 0 fully saturated rings. The molecule has 2 heterocycles. The lowest BCUT2D eigenvalue weighted by Crippen LogP contribution is -2.04. The molecule has 100 valence electrons. The molecule has 0 unspecified atom stereocenters. The predicted octanol–water partition coefficient (Wildman–Crippen LogP) is 1.91. The van der Waals surface area contributed by atoms with Crippen molar-refractivity contribution in [1.29, 1.82) is 0 Å². The molecule has 1 aromatic carbocycles. The Hall–Kier alpha value is -2.83. The van der Waals surface area contributed by atoms with Crippen molar-refractivity contribution in [1.82, 2.24) is 25.0 Å². The lowest BCUT2D eigenvalue weighted by molar-refractivity contribution is 0.616. The average Bonchev–Trinajstić information content (AvgIpc) is 2.98. The summed E-state index contributed by atoms with van der Waals surface area (Å²) in [6.07, 6.45) is 2.59. The maximum absolute atomic E-state index is 13.9. The molecule has 0 bridgehead atoms. The van der Waals surface area contributed by atoms with Crippen LogP contribution in [0.15, 0.2) is 42.7 Å². The third-order valence-electron chi connectivity index (χ3n) is 2.76. The number of anilines is 1. The van der Waals surface area contributed by atoms with Gasteiger partial charge in [-0.2, -0.15) is 0 Å². The summed E-state index contributed by atoms with van der Waals surface area (Å²) in [5, 5.41) is 10.6. The zero-order valence-corrected chi connectivity index (χ0v) is 10.7. The molecule has 3 rings (SSSR count). The van der Waals surface area contributed by atoms with Gasteiger partial charge in [0.05, 0.1) is 18.1 Å². The molecule has 3 aromatic rings. The Morgan fingerprint density at radius 3 is 2.70 bits per heavy atom. The lowest BCUT2D eigenvalue weighted by Gasteiger charge is -2.07. The van der Waals surface area contributed by atoms with Gasteiger partial charge in [-0.25, -0.2) is 19.0 Å². The second-order valence-electron chi connectivity index (χ2n) is 4.01. The van der Waals surface area contributed by atoms with Crippen molar-refractivity contribution in [2.45, 2.75) is 0 Å². The Bertz CT molecular complexity index is 725. The van der Waals surface area contributed by atoms with E-state index in [-0.39, 0.29) is 5.69 Å². The van der Waals surface area contributed by atoms with E-state index in [9.17, 15) is 4.39 Å². The first-order chi connectivity index (χ1) is 9.79. The summed E-state index contributed by atoms with van der Waals surface area (Å²) in [4.78, 5) is 7.94. The third-order valence-corrected chi connectivity index (χ3v) is 2.76. The fourth-order valence-corrected chi connectivity index (χ4v) is 1.82. The number of benzene rings is 1. The van der Waals surface area contributed by atoms with Gasteiger partial charge in [-0.1, -0.05) is 23.4 Å². The van der Waals surface area contributed by atoms with Gasteiger partial charge in [-0.05, 0) is 12.1 Å². The van der Waals surface area contributed by atoms with Crippen molar-refractivity contribution in [3.05, 3.63) is 48.5 Å². The molecule has 2 aromatic heterocycles. The Morgan fingerprint density at radius 2 is 1.95 bits per heavy atom. The maximum atomic E-state index is 13.9. The van der Waals surface area contributed by atoms with E-state index >= 15 is 0 Å². The first kappa shape index (κ1) is 12.2. The van der Waals surface area contributed by atoms with Crippen LogP contribution in [0.3, 0.4) is 0 Å². The molecule has 0 radical (unpaired) electrons. The minimum Gasteiger partial charge on any atom is -0.357 e. The van der Waals surface area contributed by atoms with Crippen LogP contribution in [-0.2, 0) is 0 Å². The highest BCUT2D eigenvalue weighted by molar-refractivity contribution is 5.58. The molecule has 0 spiro atoms. The quantitative estimate of drug-likeness (QED) is 0.787. The predicted molar refractivity (Wildman–Crippen MR) is 71.9 cm³/mol. The smallest absolute Gasteiger partial charge is 0.223 e. The third kappa shape index (κ3) is 2.09. The van der Waals surface area contributed by atoms with Crippen molar-refractivity contribution >= 4 is 5.95 Å². The largest absolute Gasteiger partial charge is 0.357 e. The number of hydrogen-bond donors (Lipinski definition) is 1. The van der Waals surface area contributed by atoms with Gasteiger partial charge in [0, 0.05) is 7.05 Å². The lowest BCUT2D eigenvalue weighted by atomic mass is 10.2. The number of aromatic nitrogens is 5. The number of nitrogens with one attached hydrogen (secondary N) is 1.